The van der Waals surface area contributed by atoms with E-state index in [2.05, 4.69) is 25.2 Å². The van der Waals surface area contributed by atoms with E-state index in [0.29, 0.717) is 18.2 Å². The van der Waals surface area contributed by atoms with Crippen LogP contribution < -0.4 is 10.1 Å². The number of hydrogen-bond donors (Lipinski definition) is 1. The molecule has 0 aliphatic carbocycles. The highest BCUT2D eigenvalue weighted by molar-refractivity contribution is 5.92. The first-order chi connectivity index (χ1) is 9.72. The van der Waals surface area contributed by atoms with Crippen LogP contribution in [0.25, 0.3) is 10.8 Å². The van der Waals surface area contributed by atoms with Gasteiger partial charge in [0.2, 0.25) is 0 Å². The molecule has 3 heteroatoms. The van der Waals surface area contributed by atoms with Crippen LogP contribution in [0.5, 0.6) is 5.75 Å². The molecule has 0 aromatic heterocycles. The van der Waals surface area contributed by atoms with Crippen LogP contribution in [0, 0.1) is 11.3 Å². The highest BCUT2D eigenvalue weighted by atomic mass is 16.5. The molecule has 0 aliphatic rings. The van der Waals surface area contributed by atoms with Gasteiger partial charge in [0.1, 0.15) is 5.75 Å². The number of nitrogens with one attached hydrogen (secondary N) is 1. The lowest BCUT2D eigenvalue weighted by atomic mass is 10.0. The largest absolute Gasteiger partial charge is 0.493 e. The van der Waals surface area contributed by atoms with Crippen LogP contribution in [0.15, 0.2) is 36.4 Å². The Hall–Kier alpha value is -2.05. The smallest absolute Gasteiger partial charge is 0.127 e. The number of benzene rings is 2. The molecule has 3 nitrogen and oxygen atoms in total. The third kappa shape index (κ3) is 3.49. The molecule has 0 unspecified atom stereocenters. The second-order valence-corrected chi connectivity index (χ2v) is 5.08. The van der Waals surface area contributed by atoms with E-state index in [1.807, 2.05) is 36.4 Å². The fourth-order valence-electron chi connectivity index (χ4n) is 2.14. The maximum atomic E-state index is 9.13. The van der Waals surface area contributed by atoms with Crippen LogP contribution in [0.1, 0.15) is 25.8 Å². The summed E-state index contributed by atoms with van der Waals surface area (Å²) in [6.45, 7) is 5.89. The average Bonchev–Trinajstić information content (AvgIpc) is 2.46. The van der Waals surface area contributed by atoms with Gasteiger partial charge in [-0.3, -0.25) is 0 Å². The number of rotatable bonds is 6. The number of ether oxygens (including phenoxy) is 1. The molecule has 2 rings (SSSR count). The van der Waals surface area contributed by atoms with Gasteiger partial charge in [-0.15, -0.1) is 0 Å². The topological polar surface area (TPSA) is 45.0 Å². The van der Waals surface area contributed by atoms with Crippen molar-refractivity contribution in [2.45, 2.75) is 26.3 Å². The predicted octanol–water partition coefficient (Wildman–Crippen LogP) is 3.48. The van der Waals surface area contributed by atoms with Crippen LogP contribution in [-0.4, -0.2) is 19.2 Å². The van der Waals surface area contributed by atoms with Crippen molar-refractivity contribution in [2.24, 2.45) is 0 Å². The molecule has 0 amide bonds. The summed E-state index contributed by atoms with van der Waals surface area (Å²) in [6, 6.07) is 14.3. The fourth-order valence-corrected chi connectivity index (χ4v) is 2.14. The quantitative estimate of drug-likeness (QED) is 0.816. The van der Waals surface area contributed by atoms with Crippen molar-refractivity contribution < 1.29 is 4.74 Å². The zero-order chi connectivity index (χ0) is 14.4. The Morgan fingerprint density at radius 2 is 1.90 bits per heavy atom. The van der Waals surface area contributed by atoms with E-state index in [9.17, 15) is 0 Å². The zero-order valence-corrected chi connectivity index (χ0v) is 12.0. The summed E-state index contributed by atoms with van der Waals surface area (Å²) in [5.41, 5.74) is 0.689. The highest BCUT2D eigenvalue weighted by Gasteiger charge is 2.06. The van der Waals surface area contributed by atoms with Crippen molar-refractivity contribution in [1.82, 2.24) is 5.32 Å². The van der Waals surface area contributed by atoms with Gasteiger partial charge in [0.05, 0.1) is 18.2 Å². The Bertz CT molecular complexity index is 614. The molecule has 0 heterocycles. The summed E-state index contributed by atoms with van der Waals surface area (Å²) in [5, 5.41) is 14.4. The Morgan fingerprint density at radius 1 is 1.15 bits per heavy atom. The lowest BCUT2D eigenvalue weighted by Crippen LogP contribution is -2.24. The summed E-state index contributed by atoms with van der Waals surface area (Å²) in [5.74, 6) is 0.851. The van der Waals surface area contributed by atoms with Gasteiger partial charge in [-0.05, 0) is 25.1 Å². The Morgan fingerprint density at radius 3 is 2.60 bits per heavy atom. The van der Waals surface area contributed by atoms with E-state index in [1.54, 1.807) is 0 Å². The molecule has 0 radical (unpaired) electrons. The summed E-state index contributed by atoms with van der Waals surface area (Å²) in [4.78, 5) is 0. The molecule has 20 heavy (non-hydrogen) atoms. The van der Waals surface area contributed by atoms with Crippen molar-refractivity contribution in [3.63, 3.8) is 0 Å². The summed E-state index contributed by atoms with van der Waals surface area (Å²) in [7, 11) is 0. The van der Waals surface area contributed by atoms with Crippen LogP contribution in [0.3, 0.4) is 0 Å². The molecular weight excluding hydrogens is 248 g/mol. The number of nitriles is 1. The molecule has 2 aromatic carbocycles. The molecule has 1 N–H and O–H groups in total. The van der Waals surface area contributed by atoms with Gasteiger partial charge in [0.15, 0.2) is 0 Å². The van der Waals surface area contributed by atoms with Crippen LogP contribution >= 0.6 is 0 Å². The normalized spacial score (nSPS) is 10.7. The predicted molar refractivity (Wildman–Crippen MR) is 81.9 cm³/mol. The van der Waals surface area contributed by atoms with Gasteiger partial charge in [0, 0.05) is 16.8 Å². The lowest BCUT2D eigenvalue weighted by Gasteiger charge is -2.11. The minimum atomic E-state index is 0.505. The third-order valence-corrected chi connectivity index (χ3v) is 3.14. The second-order valence-electron chi connectivity index (χ2n) is 5.08. The van der Waals surface area contributed by atoms with Gasteiger partial charge in [-0.25, -0.2) is 0 Å². The van der Waals surface area contributed by atoms with Crippen molar-refractivity contribution in [3.05, 3.63) is 42.0 Å². The van der Waals surface area contributed by atoms with Crippen LogP contribution in [0.2, 0.25) is 0 Å². The molecule has 0 spiro atoms. The van der Waals surface area contributed by atoms with Crippen LogP contribution in [0.4, 0.5) is 0 Å². The van der Waals surface area contributed by atoms with E-state index in [4.69, 9.17) is 10.00 Å². The lowest BCUT2D eigenvalue weighted by molar-refractivity contribution is 0.309. The Kier molecular flexibility index (Phi) is 4.97. The van der Waals surface area contributed by atoms with Gasteiger partial charge in [0.25, 0.3) is 0 Å². The summed E-state index contributed by atoms with van der Waals surface area (Å²) >= 11 is 0. The maximum absolute atomic E-state index is 9.13. The van der Waals surface area contributed by atoms with Crippen molar-refractivity contribution in [2.75, 3.05) is 13.2 Å². The molecule has 0 fully saturated rings. The van der Waals surface area contributed by atoms with Gasteiger partial charge >= 0.3 is 0 Å². The van der Waals surface area contributed by atoms with Gasteiger partial charge < -0.3 is 10.1 Å². The van der Waals surface area contributed by atoms with E-state index in [-0.39, 0.29) is 0 Å². The molecule has 104 valence electrons. The first-order valence-electron chi connectivity index (χ1n) is 7.00. The van der Waals surface area contributed by atoms with Crippen molar-refractivity contribution >= 4 is 10.8 Å². The molecule has 0 saturated carbocycles. The van der Waals surface area contributed by atoms with E-state index >= 15 is 0 Å². The van der Waals surface area contributed by atoms with Crippen LogP contribution in [-0.2, 0) is 0 Å². The van der Waals surface area contributed by atoms with E-state index < -0.39 is 0 Å². The zero-order valence-electron chi connectivity index (χ0n) is 12.0. The number of nitrogens with zero attached hydrogens (tertiary/aromatic N) is 1. The third-order valence-electron chi connectivity index (χ3n) is 3.14. The molecule has 0 bridgehead atoms. The summed E-state index contributed by atoms with van der Waals surface area (Å²) in [6.07, 6.45) is 0.965. The molecule has 0 saturated heterocycles. The fraction of sp³-hybridized carbons (Fsp3) is 0.353. The monoisotopic (exact) mass is 268 g/mol. The van der Waals surface area contributed by atoms with Crippen molar-refractivity contribution in [3.8, 4) is 11.8 Å². The first-order valence-corrected chi connectivity index (χ1v) is 7.00. The highest BCUT2D eigenvalue weighted by Crippen LogP contribution is 2.28. The van der Waals surface area contributed by atoms with E-state index in [0.717, 1.165) is 29.5 Å². The number of hydrogen-bond acceptors (Lipinski definition) is 3. The Balaban J connectivity index is 2.06. The minimum Gasteiger partial charge on any atom is -0.493 e. The van der Waals surface area contributed by atoms with Crippen molar-refractivity contribution in [1.29, 1.82) is 5.26 Å². The van der Waals surface area contributed by atoms with E-state index in [1.165, 1.54) is 0 Å². The SMILES string of the molecule is CC(C)NCCCOc1ccc(C#N)c2ccccc12. The summed E-state index contributed by atoms with van der Waals surface area (Å²) < 4.78 is 5.85. The standard InChI is InChI=1S/C17H20N2O/c1-13(2)19-10-5-11-20-17-9-8-14(12-18)15-6-3-4-7-16(15)17/h3-4,6-9,13,19H,5,10-11H2,1-2H3. The second kappa shape index (κ2) is 6.93. The average molecular weight is 268 g/mol. The minimum absolute atomic E-state index is 0.505. The van der Waals surface area contributed by atoms with Gasteiger partial charge in [-0.2, -0.15) is 5.26 Å². The molecule has 2 aromatic rings. The molecule has 0 aliphatic heterocycles. The molecular formula is C17H20N2O. The van der Waals surface area contributed by atoms with Gasteiger partial charge in [-0.1, -0.05) is 38.1 Å². The number of fused-ring (bicyclic) bond motifs is 1. The maximum Gasteiger partial charge on any atom is 0.127 e. The first kappa shape index (κ1) is 14.4. The Labute approximate surface area is 120 Å². The molecule has 0 atom stereocenters.